The third-order valence-electron chi connectivity index (χ3n) is 4.91. The lowest BCUT2D eigenvalue weighted by Crippen LogP contribution is -2.32. The van der Waals surface area contributed by atoms with Crippen molar-refractivity contribution in [1.29, 1.82) is 0 Å². The Morgan fingerprint density at radius 2 is 2.11 bits per heavy atom. The number of hydrazone groups is 1. The molecule has 1 atom stereocenters. The van der Waals surface area contributed by atoms with E-state index in [1.807, 2.05) is 30.3 Å². The first-order valence-electron chi connectivity index (χ1n) is 8.81. The van der Waals surface area contributed by atoms with E-state index in [1.54, 1.807) is 15.7 Å². The maximum Gasteiger partial charge on any atom is 0.187 e. The lowest BCUT2D eigenvalue weighted by molar-refractivity contribution is 0.374. The van der Waals surface area contributed by atoms with Crippen LogP contribution in [0.4, 0.5) is 0 Å². The summed E-state index contributed by atoms with van der Waals surface area (Å²) in [6.07, 6.45) is 2.35. The fraction of sp³-hybridized carbons (Fsp3) is 0.158. The standard InChI is InChI=1S/C19H16N8S/c1-11-5-6-16-12(8-11)9-13(18-22-24-25-26(16)18)17-10-15(23-27(17)19(20)28)14-4-2-3-7-21-14/h2-9,17H,10H2,1H3,(H2,20,28). The Bertz CT molecular complexity index is 1250. The lowest BCUT2D eigenvalue weighted by Gasteiger charge is -2.22. The summed E-state index contributed by atoms with van der Waals surface area (Å²) in [4.78, 5) is 4.41. The van der Waals surface area contributed by atoms with Gasteiger partial charge >= 0.3 is 0 Å². The molecule has 138 valence electrons. The number of rotatable bonds is 2. The average molecular weight is 388 g/mol. The van der Waals surface area contributed by atoms with Crippen LogP contribution in [0.2, 0.25) is 0 Å². The van der Waals surface area contributed by atoms with Crippen molar-refractivity contribution >= 4 is 39.6 Å². The normalized spacial score (nSPS) is 16.7. The minimum Gasteiger partial charge on any atom is -0.375 e. The van der Waals surface area contributed by atoms with Crippen molar-refractivity contribution in [2.75, 3.05) is 0 Å². The molecule has 1 unspecified atom stereocenters. The number of thiocarbonyl (C=S) groups is 1. The average Bonchev–Trinajstić information content (AvgIpc) is 3.35. The van der Waals surface area contributed by atoms with Gasteiger partial charge in [-0.1, -0.05) is 17.7 Å². The van der Waals surface area contributed by atoms with Crippen LogP contribution in [0.5, 0.6) is 0 Å². The van der Waals surface area contributed by atoms with E-state index in [2.05, 4.69) is 44.7 Å². The number of nitrogens with two attached hydrogens (primary N) is 1. The number of hydrogen-bond donors (Lipinski definition) is 1. The minimum absolute atomic E-state index is 0.200. The van der Waals surface area contributed by atoms with Crippen molar-refractivity contribution in [1.82, 2.24) is 30.0 Å². The van der Waals surface area contributed by atoms with E-state index >= 15 is 0 Å². The molecule has 0 saturated carbocycles. The Hall–Kier alpha value is -3.46. The predicted octanol–water partition coefficient (Wildman–Crippen LogP) is 2.38. The fourth-order valence-electron chi connectivity index (χ4n) is 3.63. The molecule has 4 heterocycles. The second-order valence-electron chi connectivity index (χ2n) is 6.74. The van der Waals surface area contributed by atoms with Crippen LogP contribution < -0.4 is 5.73 Å². The molecule has 0 bridgehead atoms. The molecular weight excluding hydrogens is 372 g/mol. The molecule has 28 heavy (non-hydrogen) atoms. The molecule has 3 aromatic heterocycles. The van der Waals surface area contributed by atoms with Gasteiger partial charge in [0, 0.05) is 23.6 Å². The van der Waals surface area contributed by atoms with Crippen molar-refractivity contribution in [2.24, 2.45) is 10.8 Å². The molecule has 1 aliphatic rings. The van der Waals surface area contributed by atoms with Gasteiger partial charge in [-0.05, 0) is 59.9 Å². The van der Waals surface area contributed by atoms with Crippen LogP contribution in [0, 0.1) is 6.92 Å². The monoisotopic (exact) mass is 388 g/mol. The molecule has 5 rings (SSSR count). The van der Waals surface area contributed by atoms with Gasteiger partial charge < -0.3 is 5.73 Å². The predicted molar refractivity (Wildman–Crippen MR) is 110 cm³/mol. The first-order chi connectivity index (χ1) is 13.6. The van der Waals surface area contributed by atoms with Gasteiger partial charge in [-0.25, -0.2) is 5.01 Å². The Morgan fingerprint density at radius 3 is 2.89 bits per heavy atom. The molecule has 2 N–H and O–H groups in total. The highest BCUT2D eigenvalue weighted by Crippen LogP contribution is 2.35. The lowest BCUT2D eigenvalue weighted by atomic mass is 9.99. The van der Waals surface area contributed by atoms with Crippen LogP contribution in [0.3, 0.4) is 0 Å². The molecule has 0 amide bonds. The third-order valence-corrected chi connectivity index (χ3v) is 5.09. The molecule has 0 radical (unpaired) electrons. The highest BCUT2D eigenvalue weighted by Gasteiger charge is 2.33. The van der Waals surface area contributed by atoms with Gasteiger partial charge in [0.15, 0.2) is 10.8 Å². The van der Waals surface area contributed by atoms with E-state index in [0.717, 1.165) is 33.4 Å². The Morgan fingerprint density at radius 1 is 1.21 bits per heavy atom. The molecule has 0 aliphatic carbocycles. The zero-order valence-electron chi connectivity index (χ0n) is 15.0. The molecule has 1 aromatic carbocycles. The van der Waals surface area contributed by atoms with E-state index in [1.165, 1.54) is 0 Å². The van der Waals surface area contributed by atoms with Crippen LogP contribution in [-0.4, -0.2) is 40.9 Å². The molecule has 1 aliphatic heterocycles. The van der Waals surface area contributed by atoms with Crippen molar-refractivity contribution < 1.29 is 0 Å². The molecule has 0 fully saturated rings. The van der Waals surface area contributed by atoms with Crippen LogP contribution in [0.15, 0.2) is 53.8 Å². The third kappa shape index (κ3) is 2.59. The zero-order chi connectivity index (χ0) is 19.3. The molecular formula is C19H16N8S. The van der Waals surface area contributed by atoms with Crippen LogP contribution in [0.25, 0.3) is 16.6 Å². The Balaban J connectivity index is 1.68. The number of hydrogen-bond acceptors (Lipinski definition) is 6. The van der Waals surface area contributed by atoms with E-state index in [9.17, 15) is 0 Å². The number of fused-ring (bicyclic) bond motifs is 3. The van der Waals surface area contributed by atoms with Gasteiger partial charge in [-0.2, -0.15) is 9.62 Å². The second-order valence-corrected chi connectivity index (χ2v) is 7.16. The van der Waals surface area contributed by atoms with Gasteiger partial charge in [-0.3, -0.25) is 4.98 Å². The fourth-order valence-corrected chi connectivity index (χ4v) is 3.80. The maximum atomic E-state index is 5.99. The highest BCUT2D eigenvalue weighted by atomic mass is 32.1. The zero-order valence-corrected chi connectivity index (χ0v) is 15.8. The summed E-state index contributed by atoms with van der Waals surface area (Å²) >= 11 is 5.27. The van der Waals surface area contributed by atoms with Gasteiger partial charge in [0.25, 0.3) is 0 Å². The molecule has 9 heteroatoms. The highest BCUT2D eigenvalue weighted by molar-refractivity contribution is 7.80. The number of tetrazole rings is 1. The largest absolute Gasteiger partial charge is 0.375 e. The molecule has 4 aromatic rings. The summed E-state index contributed by atoms with van der Waals surface area (Å²) in [5, 5.41) is 19.9. The minimum atomic E-state index is -0.201. The van der Waals surface area contributed by atoms with E-state index in [-0.39, 0.29) is 11.2 Å². The summed E-state index contributed by atoms with van der Waals surface area (Å²) in [5.41, 5.74) is 11.3. The number of aromatic nitrogens is 5. The summed E-state index contributed by atoms with van der Waals surface area (Å²) in [6, 6.07) is 13.8. The number of benzene rings is 1. The van der Waals surface area contributed by atoms with Crippen LogP contribution in [-0.2, 0) is 0 Å². The number of nitrogens with zero attached hydrogens (tertiary/aromatic N) is 7. The van der Waals surface area contributed by atoms with Crippen molar-refractivity contribution in [2.45, 2.75) is 19.4 Å². The maximum absolute atomic E-state index is 5.99. The SMILES string of the molecule is Cc1ccc2c(c1)cc(C1CC(c3ccccn3)=NN1C(N)=S)c1nnnn12. The van der Waals surface area contributed by atoms with Gasteiger partial charge in [0.05, 0.1) is 23.0 Å². The first kappa shape index (κ1) is 16.7. The van der Waals surface area contributed by atoms with Crippen LogP contribution >= 0.6 is 12.2 Å². The Labute approximate surface area is 165 Å². The van der Waals surface area contributed by atoms with Crippen molar-refractivity contribution in [3.05, 3.63) is 65.5 Å². The quantitative estimate of drug-likeness (QED) is 0.527. The second kappa shape index (κ2) is 6.31. The smallest absolute Gasteiger partial charge is 0.187 e. The van der Waals surface area contributed by atoms with Gasteiger partial charge in [0.2, 0.25) is 0 Å². The summed E-state index contributed by atoms with van der Waals surface area (Å²) < 4.78 is 1.75. The van der Waals surface area contributed by atoms with Gasteiger partial charge in [-0.15, -0.1) is 5.10 Å². The number of pyridine rings is 2. The first-order valence-corrected chi connectivity index (χ1v) is 9.21. The van der Waals surface area contributed by atoms with Gasteiger partial charge in [0.1, 0.15) is 0 Å². The topological polar surface area (TPSA) is 97.6 Å². The van der Waals surface area contributed by atoms with Crippen molar-refractivity contribution in [3.63, 3.8) is 0 Å². The van der Waals surface area contributed by atoms with Crippen molar-refractivity contribution in [3.8, 4) is 0 Å². The van der Waals surface area contributed by atoms with E-state index < -0.39 is 0 Å². The van der Waals surface area contributed by atoms with Crippen LogP contribution in [0.1, 0.15) is 29.3 Å². The molecule has 8 nitrogen and oxygen atoms in total. The van der Waals surface area contributed by atoms with E-state index in [4.69, 9.17) is 18.0 Å². The molecule has 0 saturated heterocycles. The summed E-state index contributed by atoms with van der Waals surface area (Å²) in [6.45, 7) is 2.06. The molecule has 0 spiro atoms. The number of aryl methyl sites for hydroxylation is 1. The van der Waals surface area contributed by atoms with E-state index in [0.29, 0.717) is 12.1 Å². The summed E-state index contributed by atoms with van der Waals surface area (Å²) in [5.74, 6) is 0. The summed E-state index contributed by atoms with van der Waals surface area (Å²) in [7, 11) is 0. The Kier molecular flexibility index (Phi) is 3.76.